The van der Waals surface area contributed by atoms with E-state index in [1.54, 1.807) is 0 Å². The van der Waals surface area contributed by atoms with E-state index in [2.05, 4.69) is 0 Å². The predicted molar refractivity (Wildman–Crippen MR) is 84.8 cm³/mol. The molecule has 0 fully saturated rings. The molecule has 0 amide bonds. The molecule has 0 rings (SSSR count). The molecule has 0 saturated heterocycles. The molecule has 6 nitrogen and oxygen atoms in total. The second kappa shape index (κ2) is 8.65. The number of hydrogen-bond donors (Lipinski definition) is 0. The van der Waals surface area contributed by atoms with Gasteiger partial charge in [0.1, 0.15) is 10.1 Å². The maximum atomic E-state index is 12.4. The first-order chi connectivity index (χ1) is 9.23. The Labute approximate surface area is 148 Å². The van der Waals surface area contributed by atoms with E-state index >= 15 is 0 Å². The Balaban J connectivity index is 0. The Hall–Kier alpha value is 0.634. The van der Waals surface area contributed by atoms with Crippen molar-refractivity contribution >= 4 is 28.6 Å². The zero-order valence-electron chi connectivity index (χ0n) is 14.8. The molecule has 1 unspecified atom stereocenters. The second-order valence-corrected chi connectivity index (χ2v) is 15.5. The van der Waals surface area contributed by atoms with Gasteiger partial charge in [0.15, 0.2) is 4.58 Å². The number of rotatable bonds is 8. The molecule has 0 radical (unpaired) electrons. The van der Waals surface area contributed by atoms with Gasteiger partial charge in [-0.25, -0.2) is 8.42 Å². The molecule has 0 aromatic heterocycles. The smallest absolute Gasteiger partial charge is 0.747 e. The first kappa shape index (κ1) is 24.9. The Morgan fingerprint density at radius 3 is 1.41 bits per heavy atom. The minimum Gasteiger partial charge on any atom is -0.747 e. The molecule has 22 heavy (non-hydrogen) atoms. The van der Waals surface area contributed by atoms with Crippen molar-refractivity contribution in [1.29, 1.82) is 0 Å². The largest absolute Gasteiger partial charge is 1.00 e. The van der Waals surface area contributed by atoms with Gasteiger partial charge in [-0.05, 0) is 23.0 Å². The van der Waals surface area contributed by atoms with Gasteiger partial charge >= 0.3 is 18.9 Å². The zero-order valence-corrected chi connectivity index (χ0v) is 17.4. The molecule has 0 aromatic carbocycles. The van der Waals surface area contributed by atoms with Crippen LogP contribution in [-0.2, 0) is 24.1 Å². The molecule has 128 valence electrons. The average molecular weight is 367 g/mol. The summed E-state index contributed by atoms with van der Waals surface area (Å²) in [6.07, 6.45) is -0.313. The molecule has 0 aliphatic rings. The standard InChI is InChI=1S/C12H28O6S2Si.Li/c1-8-12(19(13,14)15)20(16,17)18-21(9(2)3,10(4)5)11(6)7;/h9-12H,8H2,1-7H3,(H,13,14,15);/q;+1/p-1. The fourth-order valence-corrected chi connectivity index (χ4v) is 13.8. The monoisotopic (exact) mass is 366 g/mol. The van der Waals surface area contributed by atoms with Gasteiger partial charge in [-0.3, -0.25) is 0 Å². The van der Waals surface area contributed by atoms with Crippen LogP contribution in [0, 0.1) is 0 Å². The SMILES string of the molecule is CCC(S(=O)(=O)[O-])S(=O)(=O)O[Si](C(C)C)(C(C)C)C(C)C.[Li+]. The third-order valence-electron chi connectivity index (χ3n) is 3.94. The first-order valence-corrected chi connectivity index (χ1v) is 12.2. The summed E-state index contributed by atoms with van der Waals surface area (Å²) in [5.74, 6) is 0. The fourth-order valence-electron chi connectivity index (χ4n) is 3.10. The molecule has 0 saturated carbocycles. The van der Waals surface area contributed by atoms with Crippen LogP contribution in [0.25, 0.3) is 0 Å². The average Bonchev–Trinajstić information content (AvgIpc) is 2.22. The third kappa shape index (κ3) is 5.33. The van der Waals surface area contributed by atoms with Gasteiger partial charge in [0.2, 0.25) is 8.32 Å². The normalized spacial score (nSPS) is 15.2. The van der Waals surface area contributed by atoms with Crippen LogP contribution in [0.1, 0.15) is 54.9 Å². The van der Waals surface area contributed by atoms with Crippen LogP contribution in [-0.4, -0.2) is 34.3 Å². The van der Waals surface area contributed by atoms with Crippen LogP contribution >= 0.6 is 0 Å². The fraction of sp³-hybridized carbons (Fsp3) is 1.00. The summed E-state index contributed by atoms with van der Waals surface area (Å²) in [7, 11) is -12.2. The van der Waals surface area contributed by atoms with Gasteiger partial charge in [0.05, 0.1) is 0 Å². The quantitative estimate of drug-likeness (QED) is 0.435. The first-order valence-electron chi connectivity index (χ1n) is 7.12. The Morgan fingerprint density at radius 1 is 0.909 bits per heavy atom. The van der Waals surface area contributed by atoms with Crippen molar-refractivity contribution in [3.8, 4) is 0 Å². The van der Waals surface area contributed by atoms with E-state index in [0.717, 1.165) is 0 Å². The van der Waals surface area contributed by atoms with E-state index in [9.17, 15) is 21.4 Å². The molecule has 0 aliphatic carbocycles. The van der Waals surface area contributed by atoms with Crippen molar-refractivity contribution < 1.29 is 44.1 Å². The van der Waals surface area contributed by atoms with Gasteiger partial charge in [-0.15, -0.1) is 0 Å². The van der Waals surface area contributed by atoms with Gasteiger partial charge in [-0.2, -0.15) is 8.42 Å². The van der Waals surface area contributed by atoms with E-state index < -0.39 is 33.1 Å². The molecule has 0 bridgehead atoms. The van der Waals surface area contributed by atoms with Crippen molar-refractivity contribution in [1.82, 2.24) is 0 Å². The maximum absolute atomic E-state index is 12.4. The van der Waals surface area contributed by atoms with Crippen LogP contribution in [0.3, 0.4) is 0 Å². The molecule has 0 aromatic rings. The van der Waals surface area contributed by atoms with Crippen LogP contribution in [0.15, 0.2) is 0 Å². The van der Waals surface area contributed by atoms with Gasteiger partial charge < -0.3 is 8.42 Å². The molecule has 0 spiro atoms. The zero-order chi connectivity index (χ0) is 17.2. The van der Waals surface area contributed by atoms with Gasteiger partial charge in [0.25, 0.3) is 10.1 Å². The summed E-state index contributed by atoms with van der Waals surface area (Å²) < 4.78 is 61.8. The number of hydrogen-bond acceptors (Lipinski definition) is 6. The van der Waals surface area contributed by atoms with Gasteiger partial charge in [0, 0.05) is 0 Å². The molecule has 0 N–H and O–H groups in total. The van der Waals surface area contributed by atoms with Crippen molar-refractivity contribution in [3.63, 3.8) is 0 Å². The van der Waals surface area contributed by atoms with Crippen LogP contribution in [0.2, 0.25) is 16.6 Å². The minimum absolute atomic E-state index is 0. The Kier molecular flexibility index (Phi) is 9.78. The summed E-state index contributed by atoms with van der Waals surface area (Å²) in [6, 6.07) is 0. The Morgan fingerprint density at radius 2 is 1.23 bits per heavy atom. The summed E-state index contributed by atoms with van der Waals surface area (Å²) in [4.78, 5) is 0. The topological polar surface area (TPSA) is 101 Å². The van der Waals surface area contributed by atoms with E-state index in [1.165, 1.54) is 6.92 Å². The maximum Gasteiger partial charge on any atom is 1.00 e. The van der Waals surface area contributed by atoms with Crippen LogP contribution in [0.4, 0.5) is 0 Å². The van der Waals surface area contributed by atoms with Crippen molar-refractivity contribution in [2.45, 2.75) is 76.1 Å². The summed E-state index contributed by atoms with van der Waals surface area (Å²) in [6.45, 7) is 12.7. The molecular weight excluding hydrogens is 339 g/mol. The van der Waals surface area contributed by atoms with Crippen LogP contribution in [0.5, 0.6) is 0 Å². The van der Waals surface area contributed by atoms with E-state index in [1.807, 2.05) is 41.5 Å². The molecule has 1 atom stereocenters. The van der Waals surface area contributed by atoms with Crippen molar-refractivity contribution in [2.75, 3.05) is 0 Å². The molecule has 0 aliphatic heterocycles. The molecular formula is C12H27LiO6S2Si. The summed E-state index contributed by atoms with van der Waals surface area (Å²) in [5, 5.41) is 0. The molecule has 10 heteroatoms. The van der Waals surface area contributed by atoms with Crippen molar-refractivity contribution in [3.05, 3.63) is 0 Å². The Bertz CT molecular complexity index is 520. The van der Waals surface area contributed by atoms with E-state index in [0.29, 0.717) is 0 Å². The van der Waals surface area contributed by atoms with Gasteiger partial charge in [-0.1, -0.05) is 48.5 Å². The minimum atomic E-state index is -4.96. The molecule has 0 heterocycles. The third-order valence-corrected chi connectivity index (χ3v) is 14.8. The van der Waals surface area contributed by atoms with Crippen LogP contribution < -0.4 is 18.9 Å². The van der Waals surface area contributed by atoms with Crippen molar-refractivity contribution in [2.24, 2.45) is 0 Å². The van der Waals surface area contributed by atoms with E-state index in [4.69, 9.17) is 3.87 Å². The van der Waals surface area contributed by atoms with E-state index in [-0.39, 0.29) is 41.9 Å². The predicted octanol–water partition coefficient (Wildman–Crippen LogP) is -0.206. The summed E-state index contributed by atoms with van der Waals surface area (Å²) >= 11 is 0. The summed E-state index contributed by atoms with van der Waals surface area (Å²) in [5.41, 5.74) is -0.0857. The second-order valence-electron chi connectivity index (χ2n) is 6.22.